The van der Waals surface area contributed by atoms with Crippen molar-refractivity contribution in [2.75, 3.05) is 6.54 Å². The summed E-state index contributed by atoms with van der Waals surface area (Å²) in [6, 6.07) is 4.66. The van der Waals surface area contributed by atoms with Crippen molar-refractivity contribution in [2.24, 2.45) is 0 Å². The molecule has 8 heteroatoms. The van der Waals surface area contributed by atoms with Crippen LogP contribution in [0.1, 0.15) is 18.4 Å². The fraction of sp³-hybridized carbons (Fsp3) is 0.462. The molecule has 0 saturated carbocycles. The molecular weight excluding hydrogens is 318 g/mol. The molecule has 21 heavy (non-hydrogen) atoms. The molecule has 0 aromatic heterocycles. The third-order valence-electron chi connectivity index (χ3n) is 3.39. The minimum Gasteiger partial charge on any atom is -0.479 e. The van der Waals surface area contributed by atoms with Gasteiger partial charge in [0, 0.05) is 11.6 Å². The van der Waals surface area contributed by atoms with Crippen molar-refractivity contribution in [2.45, 2.75) is 36.9 Å². The highest BCUT2D eigenvalue weighted by Gasteiger charge is 2.31. The van der Waals surface area contributed by atoms with E-state index in [1.807, 2.05) is 0 Å². The Morgan fingerprint density at radius 3 is 2.81 bits per heavy atom. The molecule has 1 saturated heterocycles. The zero-order valence-electron chi connectivity index (χ0n) is 11.4. The molecule has 1 aromatic rings. The van der Waals surface area contributed by atoms with Gasteiger partial charge in [-0.3, -0.25) is 0 Å². The van der Waals surface area contributed by atoms with Gasteiger partial charge >= 0.3 is 5.97 Å². The second kappa shape index (κ2) is 6.31. The molecule has 2 N–H and O–H groups in total. The highest BCUT2D eigenvalue weighted by molar-refractivity contribution is 7.89. The normalized spacial score (nSPS) is 22.4. The number of ether oxygens (including phenoxy) is 1. The lowest BCUT2D eigenvalue weighted by atomic mass is 10.2. The van der Waals surface area contributed by atoms with Gasteiger partial charge in [0.25, 0.3) is 0 Å². The summed E-state index contributed by atoms with van der Waals surface area (Å²) in [5.41, 5.74) is 0.474. The van der Waals surface area contributed by atoms with Crippen molar-refractivity contribution < 1.29 is 23.1 Å². The van der Waals surface area contributed by atoms with Crippen LogP contribution in [0, 0.1) is 6.92 Å². The van der Waals surface area contributed by atoms with Crippen LogP contribution in [0.3, 0.4) is 0 Å². The number of aliphatic carboxylic acids is 1. The maximum Gasteiger partial charge on any atom is 0.332 e. The Kier molecular flexibility index (Phi) is 4.88. The largest absolute Gasteiger partial charge is 0.479 e. The molecular formula is C13H16ClNO5S. The van der Waals surface area contributed by atoms with Gasteiger partial charge in [0.05, 0.1) is 11.0 Å². The monoisotopic (exact) mass is 333 g/mol. The number of rotatable bonds is 5. The summed E-state index contributed by atoms with van der Waals surface area (Å²) >= 11 is 5.92. The molecule has 1 aromatic carbocycles. The van der Waals surface area contributed by atoms with Crippen molar-refractivity contribution in [3.8, 4) is 0 Å². The van der Waals surface area contributed by atoms with Crippen molar-refractivity contribution in [1.29, 1.82) is 0 Å². The average molecular weight is 334 g/mol. The minimum absolute atomic E-state index is 0.0397. The number of hydrogen-bond donors (Lipinski definition) is 2. The highest BCUT2D eigenvalue weighted by Crippen LogP contribution is 2.23. The summed E-state index contributed by atoms with van der Waals surface area (Å²) in [6.07, 6.45) is -0.390. The topological polar surface area (TPSA) is 92.7 Å². The van der Waals surface area contributed by atoms with Crippen molar-refractivity contribution >= 4 is 27.6 Å². The van der Waals surface area contributed by atoms with Gasteiger partial charge in [0.1, 0.15) is 0 Å². The van der Waals surface area contributed by atoms with Gasteiger partial charge in [0.15, 0.2) is 6.10 Å². The standard InChI is InChI=1S/C13H16ClNO5S/c1-8-10(14)3-2-4-12(8)21(18,19)15-7-9-5-6-11(20-9)13(16)17/h2-4,9,11,15H,5-7H2,1H3,(H,16,17). The summed E-state index contributed by atoms with van der Waals surface area (Å²) in [7, 11) is -3.70. The molecule has 2 unspecified atom stereocenters. The van der Waals surface area contributed by atoms with Gasteiger partial charge in [-0.1, -0.05) is 17.7 Å². The fourth-order valence-electron chi connectivity index (χ4n) is 2.20. The van der Waals surface area contributed by atoms with Crippen LogP contribution in [0.5, 0.6) is 0 Å². The van der Waals surface area contributed by atoms with Crippen LogP contribution < -0.4 is 4.72 Å². The first-order valence-corrected chi connectivity index (χ1v) is 8.30. The van der Waals surface area contributed by atoms with Crippen molar-refractivity contribution in [3.05, 3.63) is 28.8 Å². The predicted molar refractivity (Wildman–Crippen MR) is 76.9 cm³/mol. The van der Waals surface area contributed by atoms with Crippen LogP contribution >= 0.6 is 11.6 Å². The molecule has 0 bridgehead atoms. The SMILES string of the molecule is Cc1c(Cl)cccc1S(=O)(=O)NCC1CCC(C(=O)O)O1. The lowest BCUT2D eigenvalue weighted by Crippen LogP contribution is -2.33. The molecule has 2 atom stereocenters. The van der Waals surface area contributed by atoms with Crippen LogP contribution in [0.2, 0.25) is 5.02 Å². The molecule has 1 aliphatic heterocycles. The van der Waals surface area contributed by atoms with E-state index in [1.54, 1.807) is 19.1 Å². The Labute approximate surface area is 128 Å². The summed E-state index contributed by atoms with van der Waals surface area (Å²) in [5.74, 6) is -1.02. The van der Waals surface area contributed by atoms with Crippen LogP contribution in [0.25, 0.3) is 0 Å². The smallest absolute Gasteiger partial charge is 0.332 e. The summed E-state index contributed by atoms with van der Waals surface area (Å²) < 4.78 is 32.2. The van der Waals surface area contributed by atoms with Crippen LogP contribution in [0.15, 0.2) is 23.1 Å². The number of carboxylic acids is 1. The van der Waals surface area contributed by atoms with Crippen LogP contribution in [0.4, 0.5) is 0 Å². The average Bonchev–Trinajstić information content (AvgIpc) is 2.88. The molecule has 2 rings (SSSR count). The summed E-state index contributed by atoms with van der Waals surface area (Å²) in [4.78, 5) is 10.9. The zero-order valence-corrected chi connectivity index (χ0v) is 12.9. The maximum atomic E-state index is 12.2. The lowest BCUT2D eigenvalue weighted by Gasteiger charge is -2.14. The maximum absolute atomic E-state index is 12.2. The van der Waals surface area contributed by atoms with Gasteiger partial charge in [-0.2, -0.15) is 0 Å². The van der Waals surface area contributed by atoms with Crippen LogP contribution in [-0.4, -0.2) is 38.2 Å². The minimum atomic E-state index is -3.70. The van der Waals surface area contributed by atoms with E-state index in [0.29, 0.717) is 23.4 Å². The van der Waals surface area contributed by atoms with Gasteiger partial charge in [-0.15, -0.1) is 0 Å². The zero-order chi connectivity index (χ0) is 15.6. The molecule has 0 aliphatic carbocycles. The van der Waals surface area contributed by atoms with E-state index in [1.165, 1.54) is 6.07 Å². The molecule has 0 amide bonds. The molecule has 116 valence electrons. The lowest BCUT2D eigenvalue weighted by molar-refractivity contribution is -0.149. The first-order valence-electron chi connectivity index (χ1n) is 6.44. The number of hydrogen-bond acceptors (Lipinski definition) is 4. The molecule has 0 spiro atoms. The fourth-order valence-corrected chi connectivity index (χ4v) is 3.76. The Bertz CT molecular complexity index is 646. The Balaban J connectivity index is 2.03. The van der Waals surface area contributed by atoms with Gasteiger partial charge < -0.3 is 9.84 Å². The number of halogens is 1. The summed E-state index contributed by atoms with van der Waals surface area (Å²) in [6.45, 7) is 1.67. The second-order valence-corrected chi connectivity index (χ2v) is 7.02. The molecule has 0 radical (unpaired) electrons. The number of carbonyl (C=O) groups is 1. The Morgan fingerprint density at radius 2 is 2.19 bits per heavy atom. The van der Waals surface area contributed by atoms with E-state index in [4.69, 9.17) is 21.4 Å². The number of sulfonamides is 1. The van der Waals surface area contributed by atoms with E-state index in [0.717, 1.165) is 0 Å². The third-order valence-corrected chi connectivity index (χ3v) is 5.37. The number of carboxylic acid groups (broad SMARTS) is 1. The molecule has 1 aliphatic rings. The quantitative estimate of drug-likeness (QED) is 0.853. The third kappa shape index (κ3) is 3.74. The second-order valence-electron chi connectivity index (χ2n) is 4.88. The van der Waals surface area contributed by atoms with E-state index >= 15 is 0 Å². The van der Waals surface area contributed by atoms with E-state index in [9.17, 15) is 13.2 Å². The van der Waals surface area contributed by atoms with Crippen molar-refractivity contribution in [3.63, 3.8) is 0 Å². The molecule has 1 heterocycles. The molecule has 6 nitrogen and oxygen atoms in total. The predicted octanol–water partition coefficient (Wildman–Crippen LogP) is 1.56. The first-order chi connectivity index (χ1) is 9.81. The van der Waals surface area contributed by atoms with E-state index in [2.05, 4.69) is 4.72 Å². The van der Waals surface area contributed by atoms with Gasteiger partial charge in [-0.25, -0.2) is 17.9 Å². The first kappa shape index (κ1) is 16.2. The van der Waals surface area contributed by atoms with Crippen molar-refractivity contribution in [1.82, 2.24) is 4.72 Å². The number of benzene rings is 1. The van der Waals surface area contributed by atoms with Gasteiger partial charge in [0.2, 0.25) is 10.0 Å². The van der Waals surface area contributed by atoms with E-state index < -0.39 is 28.2 Å². The Morgan fingerprint density at radius 1 is 1.48 bits per heavy atom. The van der Waals surface area contributed by atoms with Crippen LogP contribution in [-0.2, 0) is 19.6 Å². The highest BCUT2D eigenvalue weighted by atomic mass is 35.5. The Hall–Kier alpha value is -1.15. The molecule has 1 fully saturated rings. The van der Waals surface area contributed by atoms with E-state index in [-0.39, 0.29) is 11.4 Å². The van der Waals surface area contributed by atoms with Gasteiger partial charge in [-0.05, 0) is 37.5 Å². The summed E-state index contributed by atoms with van der Waals surface area (Å²) in [5, 5.41) is 9.20. The number of nitrogens with one attached hydrogen (secondary N) is 1.